The molecule has 0 aliphatic rings. The van der Waals surface area contributed by atoms with Crippen molar-refractivity contribution >= 4 is 29.9 Å². The Morgan fingerprint density at radius 1 is 1.04 bits per heavy atom. The fourth-order valence-corrected chi connectivity index (χ4v) is 2.48. The van der Waals surface area contributed by atoms with Crippen LogP contribution in [0.25, 0.3) is 0 Å². The molecule has 0 unspecified atom stereocenters. The van der Waals surface area contributed by atoms with E-state index in [0.717, 1.165) is 31.2 Å². The third-order valence-electron chi connectivity index (χ3n) is 3.98. The molecule has 1 aromatic heterocycles. The fraction of sp³-hybridized carbons (Fsp3) is 0.429. The Bertz CT molecular complexity index is 661. The molecule has 0 radical (unpaired) electrons. The first-order valence-electron chi connectivity index (χ1n) is 9.00. The minimum absolute atomic E-state index is 0. The molecule has 0 aliphatic carbocycles. The van der Waals surface area contributed by atoms with Gasteiger partial charge in [-0.2, -0.15) is 0 Å². The molecule has 1 aromatic carbocycles. The van der Waals surface area contributed by atoms with E-state index in [2.05, 4.69) is 72.6 Å². The van der Waals surface area contributed by atoms with Crippen molar-refractivity contribution in [3.05, 3.63) is 65.5 Å². The van der Waals surface area contributed by atoms with Crippen LogP contribution < -0.4 is 10.6 Å². The molecule has 26 heavy (non-hydrogen) atoms. The number of benzene rings is 1. The molecule has 0 saturated heterocycles. The minimum Gasteiger partial charge on any atom is -0.357 e. The number of nitrogens with one attached hydrogen (secondary N) is 2. The van der Waals surface area contributed by atoms with Crippen LogP contribution in [0.15, 0.2) is 53.7 Å². The summed E-state index contributed by atoms with van der Waals surface area (Å²) in [6, 6.07) is 14.7. The van der Waals surface area contributed by atoms with Crippen LogP contribution in [0.3, 0.4) is 0 Å². The summed E-state index contributed by atoms with van der Waals surface area (Å²) >= 11 is 0. The van der Waals surface area contributed by atoms with Crippen molar-refractivity contribution in [3.8, 4) is 0 Å². The van der Waals surface area contributed by atoms with E-state index in [4.69, 9.17) is 0 Å². The third-order valence-corrected chi connectivity index (χ3v) is 3.98. The van der Waals surface area contributed by atoms with Gasteiger partial charge in [0.25, 0.3) is 0 Å². The Balaban J connectivity index is 0.00000338. The van der Waals surface area contributed by atoms with Crippen LogP contribution >= 0.6 is 24.0 Å². The number of aliphatic imine (C=N–C) groups is 1. The van der Waals surface area contributed by atoms with Crippen molar-refractivity contribution in [1.29, 1.82) is 0 Å². The lowest BCUT2D eigenvalue weighted by molar-refractivity contribution is 0.590. The third kappa shape index (κ3) is 7.72. The van der Waals surface area contributed by atoms with E-state index < -0.39 is 0 Å². The van der Waals surface area contributed by atoms with Crippen molar-refractivity contribution in [2.75, 3.05) is 13.1 Å². The number of guanidine groups is 1. The van der Waals surface area contributed by atoms with Crippen molar-refractivity contribution in [2.24, 2.45) is 4.99 Å². The molecule has 0 amide bonds. The molecule has 0 saturated carbocycles. The molecule has 5 heteroatoms. The van der Waals surface area contributed by atoms with Crippen LogP contribution in [0.5, 0.6) is 0 Å². The highest BCUT2D eigenvalue weighted by molar-refractivity contribution is 14.0. The molecule has 1 heterocycles. The second-order valence-electron chi connectivity index (χ2n) is 7.14. The second kappa shape index (κ2) is 11.2. The quantitative estimate of drug-likeness (QED) is 0.379. The highest BCUT2D eigenvalue weighted by Crippen LogP contribution is 2.22. The highest BCUT2D eigenvalue weighted by Gasteiger charge is 2.12. The summed E-state index contributed by atoms with van der Waals surface area (Å²) in [7, 11) is 0. The van der Waals surface area contributed by atoms with Gasteiger partial charge in [0.15, 0.2) is 5.96 Å². The maximum Gasteiger partial charge on any atom is 0.191 e. The summed E-state index contributed by atoms with van der Waals surface area (Å²) < 4.78 is 0. The molecule has 0 aliphatic heterocycles. The molecule has 2 rings (SSSR count). The van der Waals surface area contributed by atoms with Gasteiger partial charge in [0.1, 0.15) is 0 Å². The van der Waals surface area contributed by atoms with Gasteiger partial charge in [-0.3, -0.25) is 4.98 Å². The topological polar surface area (TPSA) is 49.3 Å². The summed E-state index contributed by atoms with van der Waals surface area (Å²) in [4.78, 5) is 9.02. The molecule has 142 valence electrons. The number of halogens is 1. The van der Waals surface area contributed by atoms with Gasteiger partial charge in [0.2, 0.25) is 0 Å². The lowest BCUT2D eigenvalue weighted by Gasteiger charge is -2.19. The lowest BCUT2D eigenvalue weighted by atomic mass is 9.87. The Labute approximate surface area is 174 Å². The number of aromatic nitrogens is 1. The van der Waals surface area contributed by atoms with Crippen LogP contribution in [0.1, 0.15) is 44.5 Å². The number of hydrogen-bond acceptors (Lipinski definition) is 2. The molecular weight excluding hydrogens is 435 g/mol. The van der Waals surface area contributed by atoms with Crippen molar-refractivity contribution in [1.82, 2.24) is 15.6 Å². The van der Waals surface area contributed by atoms with Gasteiger partial charge >= 0.3 is 0 Å². The van der Waals surface area contributed by atoms with Gasteiger partial charge in [-0.15, -0.1) is 24.0 Å². The minimum atomic E-state index is 0. The average molecular weight is 466 g/mol. The summed E-state index contributed by atoms with van der Waals surface area (Å²) in [6.45, 7) is 11.1. The van der Waals surface area contributed by atoms with Crippen molar-refractivity contribution < 1.29 is 0 Å². The number of nitrogens with zero attached hydrogens (tertiary/aromatic N) is 2. The monoisotopic (exact) mass is 466 g/mol. The normalized spacial score (nSPS) is 11.6. The molecule has 0 atom stereocenters. The number of hydrogen-bond donors (Lipinski definition) is 2. The van der Waals surface area contributed by atoms with E-state index in [1.54, 1.807) is 0 Å². The zero-order chi connectivity index (χ0) is 18.1. The first kappa shape index (κ1) is 22.4. The van der Waals surface area contributed by atoms with E-state index in [1.807, 2.05) is 24.4 Å². The summed E-state index contributed by atoms with van der Waals surface area (Å²) in [5.74, 6) is 0.846. The molecule has 2 aromatic rings. The van der Waals surface area contributed by atoms with E-state index in [-0.39, 0.29) is 29.4 Å². The summed E-state index contributed by atoms with van der Waals surface area (Å²) in [5, 5.41) is 6.67. The predicted molar refractivity (Wildman–Crippen MR) is 121 cm³/mol. The predicted octanol–water partition coefficient (Wildman–Crippen LogP) is 4.29. The van der Waals surface area contributed by atoms with Gasteiger partial charge in [0, 0.05) is 31.4 Å². The van der Waals surface area contributed by atoms with Crippen molar-refractivity contribution in [2.45, 2.75) is 46.1 Å². The van der Waals surface area contributed by atoms with Gasteiger partial charge in [-0.05, 0) is 35.6 Å². The van der Waals surface area contributed by atoms with Gasteiger partial charge in [-0.1, -0.05) is 51.1 Å². The first-order valence-corrected chi connectivity index (χ1v) is 9.00. The Morgan fingerprint density at radius 2 is 1.77 bits per heavy atom. The van der Waals surface area contributed by atoms with E-state index in [1.165, 1.54) is 11.1 Å². The Hall–Kier alpha value is -1.63. The zero-order valence-corrected chi connectivity index (χ0v) is 18.6. The lowest BCUT2D eigenvalue weighted by Crippen LogP contribution is -2.38. The van der Waals surface area contributed by atoms with Crippen LogP contribution in [-0.4, -0.2) is 24.0 Å². The highest BCUT2D eigenvalue weighted by atomic mass is 127. The summed E-state index contributed by atoms with van der Waals surface area (Å²) in [5.41, 5.74) is 3.84. The molecule has 0 bridgehead atoms. The smallest absolute Gasteiger partial charge is 0.191 e. The molecule has 0 spiro atoms. The van der Waals surface area contributed by atoms with Gasteiger partial charge in [-0.25, -0.2) is 4.99 Å². The average Bonchev–Trinajstić information content (AvgIpc) is 2.60. The standard InChI is InChI=1S/C21H30N4.HI/c1-5-22-20(24-15-13-19-8-6-7-14-23-19)25-16-17-9-11-18(12-10-17)21(2,3)4;/h6-12,14H,5,13,15-16H2,1-4H3,(H2,22,24,25);1H. The maximum absolute atomic E-state index is 4.68. The SMILES string of the molecule is CCNC(=NCc1ccc(C(C)(C)C)cc1)NCCc1ccccn1.I. The van der Waals surface area contributed by atoms with Crippen LogP contribution in [0, 0.1) is 0 Å². The van der Waals surface area contributed by atoms with E-state index in [0.29, 0.717) is 6.54 Å². The largest absolute Gasteiger partial charge is 0.357 e. The number of rotatable bonds is 6. The van der Waals surface area contributed by atoms with E-state index >= 15 is 0 Å². The van der Waals surface area contributed by atoms with Crippen LogP contribution in [-0.2, 0) is 18.4 Å². The van der Waals surface area contributed by atoms with Crippen LogP contribution in [0.4, 0.5) is 0 Å². The second-order valence-corrected chi connectivity index (χ2v) is 7.14. The zero-order valence-electron chi connectivity index (χ0n) is 16.2. The Kier molecular flexibility index (Phi) is 9.62. The number of pyridine rings is 1. The van der Waals surface area contributed by atoms with E-state index in [9.17, 15) is 0 Å². The maximum atomic E-state index is 4.68. The Morgan fingerprint density at radius 3 is 2.35 bits per heavy atom. The summed E-state index contributed by atoms with van der Waals surface area (Å²) in [6.07, 6.45) is 2.71. The van der Waals surface area contributed by atoms with Gasteiger partial charge < -0.3 is 10.6 Å². The molecular formula is C21H31IN4. The fourth-order valence-electron chi connectivity index (χ4n) is 2.48. The molecule has 0 fully saturated rings. The molecule has 4 nitrogen and oxygen atoms in total. The van der Waals surface area contributed by atoms with Gasteiger partial charge in [0.05, 0.1) is 6.54 Å². The first-order chi connectivity index (χ1) is 12.0. The van der Waals surface area contributed by atoms with Crippen LogP contribution in [0.2, 0.25) is 0 Å². The van der Waals surface area contributed by atoms with Crippen molar-refractivity contribution in [3.63, 3.8) is 0 Å². The molecule has 2 N–H and O–H groups in total.